The topological polar surface area (TPSA) is 82.1 Å². The molecule has 1 aliphatic rings. The summed E-state index contributed by atoms with van der Waals surface area (Å²) in [5.41, 5.74) is 0.541. The molecule has 0 bridgehead atoms. The lowest BCUT2D eigenvalue weighted by Gasteiger charge is -2.21. The van der Waals surface area contributed by atoms with Crippen molar-refractivity contribution in [3.05, 3.63) is 53.6 Å². The second-order valence-corrected chi connectivity index (χ2v) is 5.61. The van der Waals surface area contributed by atoms with E-state index < -0.39 is 23.8 Å². The zero-order valence-electron chi connectivity index (χ0n) is 14.5. The number of amides is 2. The summed E-state index contributed by atoms with van der Waals surface area (Å²) in [5.74, 6) is -1.14. The third kappa shape index (κ3) is 2.77. The molecule has 0 saturated heterocycles. The first-order valence-electron chi connectivity index (χ1n) is 7.89. The molecule has 3 rings (SSSR count). The Kier molecular flexibility index (Phi) is 4.62. The van der Waals surface area contributed by atoms with E-state index in [1.54, 1.807) is 42.5 Å². The highest BCUT2D eigenvalue weighted by atomic mass is 16.6. The number of hydrogen-bond acceptors (Lipinski definition) is 6. The molecule has 2 aromatic rings. The lowest BCUT2D eigenvalue weighted by Crippen LogP contribution is -2.44. The number of carbonyl (C=O) groups excluding carboxylic acids is 3. The Morgan fingerprint density at radius 2 is 1.38 bits per heavy atom. The minimum atomic E-state index is -1.11. The Bertz CT molecular complexity index is 834. The quantitative estimate of drug-likeness (QED) is 0.465. The van der Waals surface area contributed by atoms with Gasteiger partial charge in [0.15, 0.2) is 11.5 Å². The highest BCUT2D eigenvalue weighted by Gasteiger charge is 2.41. The number of nitrogens with zero attached hydrogens (tertiary/aromatic N) is 1. The van der Waals surface area contributed by atoms with Crippen LogP contribution < -0.4 is 14.2 Å². The van der Waals surface area contributed by atoms with E-state index in [9.17, 15) is 14.4 Å². The van der Waals surface area contributed by atoms with Crippen LogP contribution in [0.2, 0.25) is 0 Å². The fraction of sp³-hybridized carbons (Fsp3) is 0.211. The largest absolute Gasteiger partial charge is 0.493 e. The van der Waals surface area contributed by atoms with Crippen LogP contribution in [0, 0.1) is 0 Å². The molecule has 0 radical (unpaired) electrons. The van der Waals surface area contributed by atoms with Gasteiger partial charge in [0, 0.05) is 0 Å². The molecular weight excluding hydrogens is 338 g/mol. The van der Waals surface area contributed by atoms with Gasteiger partial charge in [-0.2, -0.15) is 0 Å². The zero-order chi connectivity index (χ0) is 18.8. The van der Waals surface area contributed by atoms with Gasteiger partial charge in [-0.3, -0.25) is 14.5 Å². The summed E-state index contributed by atoms with van der Waals surface area (Å²) in [5, 5.41) is 0. The summed E-state index contributed by atoms with van der Waals surface area (Å²) in [7, 11) is 2.86. The summed E-state index contributed by atoms with van der Waals surface area (Å²) in [6, 6.07) is 10.2. The maximum Gasteiger partial charge on any atom is 0.334 e. The van der Waals surface area contributed by atoms with Crippen molar-refractivity contribution < 1.29 is 28.6 Å². The third-order valence-electron chi connectivity index (χ3n) is 4.14. The Labute approximate surface area is 150 Å². The van der Waals surface area contributed by atoms with Gasteiger partial charge in [0.2, 0.25) is 5.75 Å². The van der Waals surface area contributed by atoms with Crippen molar-refractivity contribution in [2.45, 2.75) is 13.0 Å². The van der Waals surface area contributed by atoms with Crippen LogP contribution in [0.4, 0.5) is 0 Å². The van der Waals surface area contributed by atoms with Crippen molar-refractivity contribution in [3.63, 3.8) is 0 Å². The normalized spacial score (nSPS) is 14.0. The van der Waals surface area contributed by atoms with E-state index in [0.29, 0.717) is 11.5 Å². The second kappa shape index (κ2) is 6.87. The third-order valence-corrected chi connectivity index (χ3v) is 4.14. The van der Waals surface area contributed by atoms with E-state index in [-0.39, 0.29) is 16.9 Å². The summed E-state index contributed by atoms with van der Waals surface area (Å²) in [4.78, 5) is 38.5. The van der Waals surface area contributed by atoms with Gasteiger partial charge in [-0.1, -0.05) is 18.2 Å². The first kappa shape index (κ1) is 17.5. The van der Waals surface area contributed by atoms with Crippen LogP contribution in [0.3, 0.4) is 0 Å². The minimum Gasteiger partial charge on any atom is -0.493 e. The van der Waals surface area contributed by atoms with Gasteiger partial charge in [0.05, 0.1) is 25.3 Å². The molecule has 0 saturated carbocycles. The molecule has 7 nitrogen and oxygen atoms in total. The average Bonchev–Trinajstić information content (AvgIpc) is 2.92. The van der Waals surface area contributed by atoms with Crippen LogP contribution >= 0.6 is 0 Å². The monoisotopic (exact) mass is 355 g/mol. The lowest BCUT2D eigenvalue weighted by molar-refractivity contribution is -0.138. The molecule has 0 spiro atoms. The summed E-state index contributed by atoms with van der Waals surface area (Å²) in [6.07, 6.45) is 0. The Morgan fingerprint density at radius 1 is 0.885 bits per heavy atom. The number of fused-ring (bicyclic) bond motifs is 1. The van der Waals surface area contributed by atoms with E-state index >= 15 is 0 Å². The Morgan fingerprint density at radius 3 is 1.85 bits per heavy atom. The number of esters is 1. The number of rotatable bonds is 5. The first-order chi connectivity index (χ1) is 12.5. The minimum absolute atomic E-state index is 0.0889. The predicted molar refractivity (Wildman–Crippen MR) is 91.6 cm³/mol. The van der Waals surface area contributed by atoms with Crippen LogP contribution in [0.5, 0.6) is 17.2 Å². The number of methoxy groups -OCH3 is 2. The van der Waals surface area contributed by atoms with Gasteiger partial charge in [-0.15, -0.1) is 0 Å². The molecule has 134 valence electrons. The summed E-state index contributed by atoms with van der Waals surface area (Å²) in [6.45, 7) is 1.44. The number of carbonyl (C=O) groups is 3. The molecule has 1 atom stereocenters. The molecule has 2 aromatic carbocycles. The first-order valence-corrected chi connectivity index (χ1v) is 7.89. The molecule has 1 heterocycles. The van der Waals surface area contributed by atoms with Crippen LogP contribution in [-0.4, -0.2) is 42.9 Å². The van der Waals surface area contributed by atoms with Gasteiger partial charge in [-0.25, -0.2) is 4.79 Å². The molecule has 0 aromatic heterocycles. The van der Waals surface area contributed by atoms with E-state index in [1.165, 1.54) is 21.1 Å². The molecule has 7 heteroatoms. The van der Waals surface area contributed by atoms with Crippen molar-refractivity contribution in [1.82, 2.24) is 4.90 Å². The van der Waals surface area contributed by atoms with Crippen LogP contribution in [0.25, 0.3) is 0 Å². The zero-order valence-corrected chi connectivity index (χ0v) is 14.5. The Hall–Kier alpha value is -3.35. The van der Waals surface area contributed by atoms with Crippen LogP contribution in [-0.2, 0) is 4.79 Å². The summed E-state index contributed by atoms with van der Waals surface area (Å²) < 4.78 is 15.8. The molecule has 2 amide bonds. The number of para-hydroxylation sites is 1. The van der Waals surface area contributed by atoms with Gasteiger partial charge in [-0.05, 0) is 31.2 Å². The maximum absolute atomic E-state index is 12.6. The number of ether oxygens (including phenoxy) is 3. The molecule has 1 aliphatic heterocycles. The Balaban J connectivity index is 1.86. The molecule has 0 N–H and O–H groups in total. The van der Waals surface area contributed by atoms with E-state index in [2.05, 4.69) is 0 Å². The van der Waals surface area contributed by atoms with Gasteiger partial charge < -0.3 is 14.2 Å². The van der Waals surface area contributed by atoms with E-state index in [4.69, 9.17) is 14.2 Å². The number of hydrogen-bond donors (Lipinski definition) is 0. The highest BCUT2D eigenvalue weighted by molar-refractivity contribution is 6.22. The van der Waals surface area contributed by atoms with Gasteiger partial charge in [0.1, 0.15) is 6.04 Å². The van der Waals surface area contributed by atoms with Crippen LogP contribution in [0.1, 0.15) is 27.6 Å². The smallest absolute Gasteiger partial charge is 0.334 e. The van der Waals surface area contributed by atoms with E-state index in [0.717, 1.165) is 4.90 Å². The van der Waals surface area contributed by atoms with Crippen molar-refractivity contribution in [2.24, 2.45) is 0 Å². The molecular formula is C19H17NO6. The SMILES string of the molecule is COc1cccc(OC)c1OC(=O)[C@@H](C)N1C(=O)c2ccccc2C1=O. The molecule has 0 aliphatic carbocycles. The molecule has 0 fully saturated rings. The fourth-order valence-electron chi connectivity index (χ4n) is 2.77. The van der Waals surface area contributed by atoms with Gasteiger partial charge >= 0.3 is 5.97 Å². The van der Waals surface area contributed by atoms with Crippen molar-refractivity contribution in [1.29, 1.82) is 0 Å². The molecule has 26 heavy (non-hydrogen) atoms. The standard InChI is InChI=1S/C19H17NO6/c1-11(20-17(21)12-7-4-5-8-13(12)18(20)22)19(23)26-16-14(24-2)9-6-10-15(16)25-3/h4-11H,1-3H3/t11-/m1/s1. The van der Waals surface area contributed by atoms with Crippen molar-refractivity contribution >= 4 is 17.8 Å². The highest BCUT2D eigenvalue weighted by Crippen LogP contribution is 2.37. The van der Waals surface area contributed by atoms with E-state index in [1.807, 2.05) is 0 Å². The van der Waals surface area contributed by atoms with Crippen molar-refractivity contribution in [3.8, 4) is 17.2 Å². The summed E-state index contributed by atoms with van der Waals surface area (Å²) >= 11 is 0. The second-order valence-electron chi connectivity index (χ2n) is 5.61. The van der Waals surface area contributed by atoms with Crippen molar-refractivity contribution in [2.75, 3.05) is 14.2 Å². The van der Waals surface area contributed by atoms with Gasteiger partial charge in [0.25, 0.3) is 11.8 Å². The fourth-order valence-corrected chi connectivity index (χ4v) is 2.77. The average molecular weight is 355 g/mol. The number of benzene rings is 2. The predicted octanol–water partition coefficient (Wildman–Crippen LogP) is 2.29. The van der Waals surface area contributed by atoms with Crippen LogP contribution in [0.15, 0.2) is 42.5 Å². The lowest BCUT2D eigenvalue weighted by atomic mass is 10.1. The molecule has 0 unspecified atom stereocenters. The maximum atomic E-state index is 12.6. The number of imide groups is 1.